The largest absolute Gasteiger partial charge is 0.479 e. The van der Waals surface area contributed by atoms with Crippen LogP contribution in [0.2, 0.25) is 0 Å². The molecule has 1 unspecified atom stereocenters. The standard InChI is InChI=1S/C12H11F3N2O5S/c1-11(20,10(18)19)6-17-23(21,22)8-2-3-9(12(13,14)15)7(4-8)5-16/h2-4,17,20H,6H2,1H3,(H,18,19). The number of carboxylic acid groups (broad SMARTS) is 1. The zero-order chi connectivity index (χ0) is 18.1. The first-order chi connectivity index (χ1) is 10.3. The summed E-state index contributed by atoms with van der Waals surface area (Å²) in [5.74, 6) is -1.69. The molecule has 126 valence electrons. The van der Waals surface area contributed by atoms with Crippen molar-refractivity contribution < 1.29 is 36.6 Å². The molecule has 0 radical (unpaired) electrons. The number of benzene rings is 1. The van der Waals surface area contributed by atoms with E-state index in [0.717, 1.165) is 6.92 Å². The Balaban J connectivity index is 3.16. The second kappa shape index (κ2) is 6.15. The van der Waals surface area contributed by atoms with Gasteiger partial charge in [-0.2, -0.15) is 18.4 Å². The van der Waals surface area contributed by atoms with Crippen LogP contribution in [-0.4, -0.2) is 36.7 Å². The summed E-state index contributed by atoms with van der Waals surface area (Å²) >= 11 is 0. The van der Waals surface area contributed by atoms with Crippen LogP contribution in [0.3, 0.4) is 0 Å². The van der Waals surface area contributed by atoms with Crippen molar-refractivity contribution in [3.8, 4) is 6.07 Å². The van der Waals surface area contributed by atoms with Gasteiger partial charge in [0, 0.05) is 0 Å². The maximum Gasteiger partial charge on any atom is 0.417 e. The van der Waals surface area contributed by atoms with E-state index in [-0.39, 0.29) is 0 Å². The first-order valence-corrected chi connectivity index (χ1v) is 7.36. The summed E-state index contributed by atoms with van der Waals surface area (Å²) in [7, 11) is -4.41. The number of sulfonamides is 1. The molecule has 0 aliphatic carbocycles. The molecule has 0 saturated heterocycles. The molecule has 1 aromatic carbocycles. The zero-order valence-electron chi connectivity index (χ0n) is 11.5. The monoisotopic (exact) mass is 352 g/mol. The molecule has 1 atom stereocenters. The molecule has 0 bridgehead atoms. The number of hydrogen-bond acceptors (Lipinski definition) is 5. The van der Waals surface area contributed by atoms with E-state index in [1.165, 1.54) is 6.07 Å². The third-order valence-electron chi connectivity index (χ3n) is 2.79. The summed E-state index contributed by atoms with van der Waals surface area (Å²) in [5, 5.41) is 26.8. The fourth-order valence-electron chi connectivity index (χ4n) is 1.42. The molecule has 11 heteroatoms. The lowest BCUT2D eigenvalue weighted by molar-refractivity contribution is -0.155. The maximum atomic E-state index is 12.6. The topological polar surface area (TPSA) is 127 Å². The molecule has 1 aromatic rings. The minimum Gasteiger partial charge on any atom is -0.479 e. The number of carbonyl (C=O) groups is 1. The molecule has 7 nitrogen and oxygen atoms in total. The van der Waals surface area contributed by atoms with Gasteiger partial charge in [0.25, 0.3) is 0 Å². The lowest BCUT2D eigenvalue weighted by atomic mass is 10.1. The van der Waals surface area contributed by atoms with Crippen molar-refractivity contribution in [2.24, 2.45) is 0 Å². The Morgan fingerprint density at radius 2 is 1.96 bits per heavy atom. The van der Waals surface area contributed by atoms with Crippen molar-refractivity contribution in [3.05, 3.63) is 29.3 Å². The van der Waals surface area contributed by atoms with Gasteiger partial charge in [-0.15, -0.1) is 0 Å². The molecule has 0 spiro atoms. The highest BCUT2D eigenvalue weighted by atomic mass is 32.2. The van der Waals surface area contributed by atoms with Gasteiger partial charge in [0.2, 0.25) is 10.0 Å². The predicted molar refractivity (Wildman–Crippen MR) is 69.6 cm³/mol. The van der Waals surface area contributed by atoms with Crippen LogP contribution in [0, 0.1) is 11.3 Å². The Hall–Kier alpha value is -2.16. The van der Waals surface area contributed by atoms with E-state index in [9.17, 15) is 31.5 Å². The molecule has 0 amide bonds. The number of nitriles is 1. The molecule has 1 rings (SSSR count). The Labute approximate surface area is 129 Å². The SMILES string of the molecule is CC(O)(CNS(=O)(=O)c1ccc(C(F)(F)F)c(C#N)c1)C(=O)O. The average molecular weight is 352 g/mol. The van der Waals surface area contributed by atoms with Gasteiger partial charge in [0.05, 0.1) is 28.6 Å². The Morgan fingerprint density at radius 1 is 1.39 bits per heavy atom. The van der Waals surface area contributed by atoms with Crippen molar-refractivity contribution in [1.82, 2.24) is 4.72 Å². The molecular weight excluding hydrogens is 341 g/mol. The van der Waals surface area contributed by atoms with Crippen LogP contribution in [0.15, 0.2) is 23.1 Å². The lowest BCUT2D eigenvalue weighted by Crippen LogP contribution is -2.46. The van der Waals surface area contributed by atoms with Crippen molar-refractivity contribution in [2.45, 2.75) is 23.6 Å². The van der Waals surface area contributed by atoms with E-state index in [1.807, 2.05) is 0 Å². The van der Waals surface area contributed by atoms with Crippen LogP contribution in [0.1, 0.15) is 18.1 Å². The van der Waals surface area contributed by atoms with Crippen LogP contribution < -0.4 is 4.72 Å². The van der Waals surface area contributed by atoms with Crippen molar-refractivity contribution in [3.63, 3.8) is 0 Å². The van der Waals surface area contributed by atoms with Gasteiger partial charge in [-0.25, -0.2) is 17.9 Å². The van der Waals surface area contributed by atoms with E-state index in [2.05, 4.69) is 0 Å². The minimum absolute atomic E-state index is 0.433. The van der Waals surface area contributed by atoms with Gasteiger partial charge in [-0.05, 0) is 25.1 Å². The number of carboxylic acids is 1. The summed E-state index contributed by atoms with van der Waals surface area (Å²) in [5.41, 5.74) is -4.60. The van der Waals surface area contributed by atoms with Gasteiger partial charge in [0.15, 0.2) is 5.60 Å². The minimum atomic E-state index is -4.83. The van der Waals surface area contributed by atoms with Crippen molar-refractivity contribution in [2.75, 3.05) is 6.54 Å². The summed E-state index contributed by atoms with van der Waals surface area (Å²) in [6, 6.07) is 2.82. The molecule has 0 fully saturated rings. The number of alkyl halides is 3. The highest BCUT2D eigenvalue weighted by Crippen LogP contribution is 2.32. The van der Waals surface area contributed by atoms with Gasteiger partial charge in [-0.3, -0.25) is 0 Å². The number of aliphatic hydroxyl groups is 1. The number of nitrogens with one attached hydrogen (secondary N) is 1. The fraction of sp³-hybridized carbons (Fsp3) is 0.333. The zero-order valence-corrected chi connectivity index (χ0v) is 12.4. The van der Waals surface area contributed by atoms with E-state index < -0.39 is 50.3 Å². The van der Waals surface area contributed by atoms with Crippen molar-refractivity contribution >= 4 is 16.0 Å². The third-order valence-corrected chi connectivity index (χ3v) is 4.19. The smallest absolute Gasteiger partial charge is 0.417 e. The van der Waals surface area contributed by atoms with E-state index in [4.69, 9.17) is 10.4 Å². The molecule has 3 N–H and O–H groups in total. The molecule has 0 heterocycles. The normalized spacial score (nSPS) is 14.8. The first-order valence-electron chi connectivity index (χ1n) is 5.88. The quantitative estimate of drug-likeness (QED) is 0.715. The second-order valence-corrected chi connectivity index (χ2v) is 6.49. The molecule has 0 aliphatic rings. The molecule has 0 aliphatic heterocycles. The second-order valence-electron chi connectivity index (χ2n) is 4.72. The van der Waals surface area contributed by atoms with Crippen LogP contribution >= 0.6 is 0 Å². The summed E-state index contributed by atoms with van der Waals surface area (Å²) in [6.45, 7) is -0.0705. The Bertz CT molecular complexity index is 766. The maximum absolute atomic E-state index is 12.6. The number of nitrogens with zero attached hydrogens (tertiary/aromatic N) is 1. The highest BCUT2D eigenvalue weighted by molar-refractivity contribution is 7.89. The predicted octanol–water partition coefficient (Wildman–Crippen LogP) is 0.691. The van der Waals surface area contributed by atoms with Crippen LogP contribution in [-0.2, 0) is 21.0 Å². The summed E-state index contributed by atoms with van der Waals surface area (Å²) < 4.78 is 63.5. The van der Waals surface area contributed by atoms with Gasteiger partial charge in [0.1, 0.15) is 0 Å². The van der Waals surface area contributed by atoms with Gasteiger partial charge in [-0.1, -0.05) is 0 Å². The van der Waals surface area contributed by atoms with Crippen LogP contribution in [0.25, 0.3) is 0 Å². The molecule has 0 saturated carbocycles. The number of rotatable bonds is 5. The van der Waals surface area contributed by atoms with Crippen LogP contribution in [0.4, 0.5) is 13.2 Å². The highest BCUT2D eigenvalue weighted by Gasteiger charge is 2.35. The van der Waals surface area contributed by atoms with E-state index in [1.54, 1.807) is 4.72 Å². The Kier molecular flexibility index (Phi) is 5.05. The fourth-order valence-corrected chi connectivity index (χ4v) is 2.58. The summed E-state index contributed by atoms with van der Waals surface area (Å²) in [4.78, 5) is 10.0. The van der Waals surface area contributed by atoms with E-state index >= 15 is 0 Å². The molecule has 0 aromatic heterocycles. The molecular formula is C12H11F3N2O5S. The van der Waals surface area contributed by atoms with E-state index in [0.29, 0.717) is 18.2 Å². The van der Waals surface area contributed by atoms with Gasteiger partial charge < -0.3 is 10.2 Å². The number of hydrogen-bond donors (Lipinski definition) is 3. The van der Waals surface area contributed by atoms with Crippen molar-refractivity contribution in [1.29, 1.82) is 5.26 Å². The molecule has 23 heavy (non-hydrogen) atoms. The number of halogens is 3. The Morgan fingerprint density at radius 3 is 2.39 bits per heavy atom. The number of aliphatic carboxylic acids is 1. The third kappa shape index (κ3) is 4.41. The summed E-state index contributed by atoms with van der Waals surface area (Å²) in [6.07, 6.45) is -4.83. The first kappa shape index (κ1) is 18.9. The van der Waals surface area contributed by atoms with Crippen LogP contribution in [0.5, 0.6) is 0 Å². The average Bonchev–Trinajstić information content (AvgIpc) is 2.43. The lowest BCUT2D eigenvalue weighted by Gasteiger charge is -2.18. The van der Waals surface area contributed by atoms with Gasteiger partial charge >= 0.3 is 12.1 Å².